The highest BCUT2D eigenvalue weighted by atomic mass is 16.4. The van der Waals surface area contributed by atoms with Crippen LogP contribution >= 0.6 is 0 Å². The lowest BCUT2D eigenvalue weighted by Crippen LogP contribution is -2.57. The lowest BCUT2D eigenvalue weighted by molar-refractivity contribution is -0.148. The topological polar surface area (TPSA) is 273 Å². The molecule has 0 aromatic heterocycles. The van der Waals surface area contributed by atoms with Crippen LogP contribution in [0, 0.1) is 0 Å². The molecule has 2 aliphatic rings. The summed E-state index contributed by atoms with van der Waals surface area (Å²) in [5.74, 6) is -3.55. The number of β-amino-alcohol motifs (C(OH)–C–C–N with tert-alkyl or cyclic N) is 1. The molecule has 16 nitrogen and oxygen atoms in total. The van der Waals surface area contributed by atoms with E-state index in [9.17, 15) is 29.1 Å². The second-order valence-corrected chi connectivity index (χ2v) is 10.1. The summed E-state index contributed by atoms with van der Waals surface area (Å²) < 4.78 is 0. The van der Waals surface area contributed by atoms with Gasteiger partial charge in [0, 0.05) is 26.1 Å². The highest BCUT2D eigenvalue weighted by Crippen LogP contribution is 2.26. The molecule has 0 aliphatic carbocycles. The van der Waals surface area contributed by atoms with Crippen LogP contribution in [-0.4, -0.2) is 119 Å². The molecule has 0 bridgehead atoms. The number of nitrogens with zero attached hydrogens (tertiary/aromatic N) is 3. The Labute approximate surface area is 232 Å². The molecule has 0 spiro atoms. The second kappa shape index (κ2) is 15.9. The molecule has 0 aromatic rings. The standard InChI is InChI=1S/C24H43N9O7/c25-8-2-1-5-15(26)20(37)31-16(6-3-9-29-24(27)28)22(39)32-10-4-7-17(32)23(40)33-13-14(34)11-18(33)21(38)30-12-19(35)36/h14-18,34H,1-13,25-26H2,(H,30,38)(H,31,37)(H,35,36)(H4,27,28,29)/t14-,15+,16+,17+,18+/m1/s1. The summed E-state index contributed by atoms with van der Waals surface area (Å²) in [4.78, 5) is 69.9. The van der Waals surface area contributed by atoms with E-state index in [2.05, 4.69) is 15.6 Å². The molecule has 2 rings (SSSR count). The minimum absolute atomic E-state index is 0.0522. The van der Waals surface area contributed by atoms with Gasteiger partial charge in [0.15, 0.2) is 5.96 Å². The van der Waals surface area contributed by atoms with Crippen molar-refractivity contribution in [3.8, 4) is 0 Å². The Morgan fingerprint density at radius 1 is 1.02 bits per heavy atom. The van der Waals surface area contributed by atoms with Gasteiger partial charge in [0.25, 0.3) is 0 Å². The van der Waals surface area contributed by atoms with Crippen molar-refractivity contribution in [1.29, 1.82) is 0 Å². The van der Waals surface area contributed by atoms with E-state index in [0.717, 1.165) is 0 Å². The van der Waals surface area contributed by atoms with Gasteiger partial charge in [0.1, 0.15) is 24.7 Å². The number of carboxylic acid groups (broad SMARTS) is 1. The van der Waals surface area contributed by atoms with Gasteiger partial charge in [-0.25, -0.2) is 0 Å². The van der Waals surface area contributed by atoms with Crippen LogP contribution in [0.15, 0.2) is 4.99 Å². The van der Waals surface area contributed by atoms with Crippen molar-refractivity contribution < 1.29 is 34.2 Å². The van der Waals surface area contributed by atoms with Crippen LogP contribution in [0.25, 0.3) is 0 Å². The molecule has 2 aliphatic heterocycles. The van der Waals surface area contributed by atoms with Gasteiger partial charge in [-0.3, -0.25) is 29.0 Å². The molecule has 226 valence electrons. The third-order valence-corrected chi connectivity index (χ3v) is 6.97. The van der Waals surface area contributed by atoms with Crippen LogP contribution in [0.4, 0.5) is 0 Å². The highest BCUT2D eigenvalue weighted by molar-refractivity contribution is 5.96. The third kappa shape index (κ3) is 9.60. The van der Waals surface area contributed by atoms with Gasteiger partial charge < -0.3 is 53.6 Å². The number of aliphatic hydroxyl groups is 1. The van der Waals surface area contributed by atoms with Crippen molar-refractivity contribution >= 4 is 35.6 Å². The van der Waals surface area contributed by atoms with E-state index in [0.29, 0.717) is 45.1 Å². The van der Waals surface area contributed by atoms with E-state index in [1.54, 1.807) is 0 Å². The zero-order valence-electron chi connectivity index (χ0n) is 22.7. The summed E-state index contributed by atoms with van der Waals surface area (Å²) in [6.45, 7) is 0.201. The van der Waals surface area contributed by atoms with Crippen LogP contribution in [0.3, 0.4) is 0 Å². The SMILES string of the molecule is NCCCC[C@H](N)C(=O)N[C@@H](CCCN=C(N)N)C(=O)N1CCC[C@H]1C(=O)N1C[C@H](O)C[C@H]1C(=O)NCC(=O)O. The molecular weight excluding hydrogens is 526 g/mol. The first-order valence-electron chi connectivity index (χ1n) is 13.6. The monoisotopic (exact) mass is 569 g/mol. The lowest BCUT2D eigenvalue weighted by Gasteiger charge is -2.33. The van der Waals surface area contributed by atoms with Gasteiger partial charge in [0.2, 0.25) is 23.6 Å². The molecular formula is C24H43N9O7. The second-order valence-electron chi connectivity index (χ2n) is 10.1. The molecule has 0 saturated carbocycles. The van der Waals surface area contributed by atoms with Crippen molar-refractivity contribution in [3.63, 3.8) is 0 Å². The first-order valence-corrected chi connectivity index (χ1v) is 13.6. The number of aliphatic hydroxyl groups excluding tert-OH is 1. The molecule has 12 N–H and O–H groups in total. The number of aliphatic imine (C=N–C) groups is 1. The maximum absolute atomic E-state index is 13.7. The molecule has 0 unspecified atom stereocenters. The number of aliphatic carboxylic acids is 1. The zero-order valence-corrected chi connectivity index (χ0v) is 22.7. The number of carbonyl (C=O) groups is 5. The Kier molecular flexibility index (Phi) is 13.0. The van der Waals surface area contributed by atoms with E-state index in [-0.39, 0.29) is 38.4 Å². The van der Waals surface area contributed by atoms with Gasteiger partial charge in [0.05, 0.1) is 12.1 Å². The summed E-state index contributed by atoms with van der Waals surface area (Å²) in [5.41, 5.74) is 22.3. The van der Waals surface area contributed by atoms with Crippen LogP contribution in [0.1, 0.15) is 51.4 Å². The number of hydrogen-bond donors (Lipinski definition) is 8. The van der Waals surface area contributed by atoms with E-state index in [4.69, 9.17) is 28.0 Å². The largest absolute Gasteiger partial charge is 0.480 e. The maximum atomic E-state index is 13.7. The fraction of sp³-hybridized carbons (Fsp3) is 0.750. The Morgan fingerprint density at radius 2 is 1.75 bits per heavy atom. The number of amides is 4. The number of nitrogens with one attached hydrogen (secondary N) is 2. The minimum Gasteiger partial charge on any atom is -0.480 e. The van der Waals surface area contributed by atoms with Gasteiger partial charge >= 0.3 is 5.97 Å². The lowest BCUT2D eigenvalue weighted by atomic mass is 10.1. The van der Waals surface area contributed by atoms with Crippen LogP contribution in [0.2, 0.25) is 0 Å². The number of rotatable bonds is 15. The number of guanidine groups is 1. The highest BCUT2D eigenvalue weighted by Gasteiger charge is 2.45. The van der Waals surface area contributed by atoms with Crippen LogP contribution in [0.5, 0.6) is 0 Å². The summed E-state index contributed by atoms with van der Waals surface area (Å²) in [7, 11) is 0. The Hall–Kier alpha value is -3.50. The first-order chi connectivity index (χ1) is 19.0. The molecule has 0 aromatic carbocycles. The van der Waals surface area contributed by atoms with Gasteiger partial charge in [-0.2, -0.15) is 0 Å². The quantitative estimate of drug-likeness (QED) is 0.0536. The molecule has 16 heteroatoms. The minimum atomic E-state index is -1.25. The fourth-order valence-corrected chi connectivity index (χ4v) is 4.94. The van der Waals surface area contributed by atoms with Crippen molar-refractivity contribution in [3.05, 3.63) is 0 Å². The van der Waals surface area contributed by atoms with E-state index in [1.165, 1.54) is 9.80 Å². The molecule has 5 atom stereocenters. The fourth-order valence-electron chi connectivity index (χ4n) is 4.94. The summed E-state index contributed by atoms with van der Waals surface area (Å²) in [6, 6.07) is -3.81. The first kappa shape index (κ1) is 32.7. The summed E-state index contributed by atoms with van der Waals surface area (Å²) in [5, 5.41) is 24.0. The van der Waals surface area contributed by atoms with E-state index >= 15 is 0 Å². The molecule has 40 heavy (non-hydrogen) atoms. The van der Waals surface area contributed by atoms with Crippen molar-refractivity contribution in [2.75, 3.05) is 32.7 Å². The number of hydrogen-bond acceptors (Lipinski definition) is 9. The van der Waals surface area contributed by atoms with Gasteiger partial charge in [-0.05, 0) is 45.1 Å². The number of likely N-dealkylation sites (tertiary alicyclic amines) is 2. The van der Waals surface area contributed by atoms with E-state index in [1.807, 2.05) is 0 Å². The van der Waals surface area contributed by atoms with Crippen molar-refractivity contribution in [1.82, 2.24) is 20.4 Å². The average Bonchev–Trinajstić information content (AvgIpc) is 3.55. The number of carbonyl (C=O) groups excluding carboxylic acids is 4. The van der Waals surface area contributed by atoms with Crippen LogP contribution in [-0.2, 0) is 24.0 Å². The maximum Gasteiger partial charge on any atom is 0.322 e. The molecule has 2 saturated heterocycles. The summed E-state index contributed by atoms with van der Waals surface area (Å²) >= 11 is 0. The van der Waals surface area contributed by atoms with Gasteiger partial charge in [-0.15, -0.1) is 0 Å². The number of nitrogens with two attached hydrogens (primary N) is 4. The Morgan fingerprint density at radius 3 is 2.40 bits per heavy atom. The van der Waals surface area contributed by atoms with Gasteiger partial charge in [-0.1, -0.05) is 6.42 Å². The molecule has 4 amide bonds. The number of carboxylic acids is 1. The zero-order chi connectivity index (χ0) is 29.8. The predicted molar refractivity (Wildman–Crippen MR) is 144 cm³/mol. The Bertz CT molecular complexity index is 944. The van der Waals surface area contributed by atoms with Crippen LogP contribution < -0.4 is 33.6 Å². The molecule has 0 radical (unpaired) electrons. The smallest absolute Gasteiger partial charge is 0.322 e. The molecule has 2 fully saturated rings. The molecule has 2 heterocycles. The number of unbranched alkanes of at least 4 members (excludes halogenated alkanes) is 1. The predicted octanol–water partition coefficient (Wildman–Crippen LogP) is -3.87. The normalized spacial score (nSPS) is 21.9. The van der Waals surface area contributed by atoms with E-state index < -0.39 is 66.4 Å². The third-order valence-electron chi connectivity index (χ3n) is 6.97. The Balaban J connectivity index is 2.16. The summed E-state index contributed by atoms with van der Waals surface area (Å²) in [6.07, 6.45) is 2.13. The van der Waals surface area contributed by atoms with Crippen molar-refractivity contribution in [2.45, 2.75) is 81.6 Å². The van der Waals surface area contributed by atoms with Crippen molar-refractivity contribution in [2.24, 2.45) is 27.9 Å². The average molecular weight is 570 g/mol.